The molecule has 0 saturated carbocycles. The Morgan fingerprint density at radius 2 is 2.00 bits per heavy atom. The van der Waals surface area contributed by atoms with Crippen molar-refractivity contribution in [1.82, 2.24) is 10.2 Å². The molecule has 0 saturated heterocycles. The molecular weight excluding hydrogens is 334 g/mol. The smallest absolute Gasteiger partial charge is 0.325 e. The number of amides is 1. The maximum Gasteiger partial charge on any atom is 0.325 e. The van der Waals surface area contributed by atoms with Gasteiger partial charge in [0.05, 0.1) is 0 Å². The molecule has 2 rings (SSSR count). The van der Waals surface area contributed by atoms with E-state index in [2.05, 4.69) is 9.71 Å². The number of aliphatic carboxylic acids is 1. The molecule has 1 atom stereocenters. The van der Waals surface area contributed by atoms with E-state index in [1.54, 1.807) is 30.1 Å². The lowest BCUT2D eigenvalue weighted by Gasteiger charge is -2.19. The SMILES string of the molecule is C[C@@H](NC(=O)CCCN(C)C1=NS(=O)(=O)c2ccccc21)C(=O)O. The Hall–Kier alpha value is -2.42. The molecule has 1 aromatic carbocycles. The fourth-order valence-corrected chi connectivity index (χ4v) is 3.57. The summed E-state index contributed by atoms with van der Waals surface area (Å²) in [5.41, 5.74) is 0.545. The van der Waals surface area contributed by atoms with Gasteiger partial charge in [0, 0.05) is 25.6 Å². The Morgan fingerprint density at radius 3 is 2.67 bits per heavy atom. The van der Waals surface area contributed by atoms with Gasteiger partial charge in [0.2, 0.25) is 5.91 Å². The van der Waals surface area contributed by atoms with E-state index in [1.807, 2.05) is 0 Å². The number of nitrogens with zero attached hydrogens (tertiary/aromatic N) is 2. The highest BCUT2D eigenvalue weighted by Crippen LogP contribution is 2.26. The summed E-state index contributed by atoms with van der Waals surface area (Å²) in [5.74, 6) is -1.10. The van der Waals surface area contributed by atoms with Crippen LogP contribution in [-0.2, 0) is 19.6 Å². The molecule has 1 aliphatic rings. The number of nitrogens with one attached hydrogen (secondary N) is 1. The van der Waals surface area contributed by atoms with Crippen LogP contribution in [0.1, 0.15) is 25.3 Å². The predicted molar refractivity (Wildman–Crippen MR) is 87.3 cm³/mol. The minimum absolute atomic E-state index is 0.142. The molecule has 8 nitrogen and oxygen atoms in total. The molecule has 24 heavy (non-hydrogen) atoms. The average Bonchev–Trinajstić information content (AvgIpc) is 2.79. The van der Waals surface area contributed by atoms with E-state index in [0.29, 0.717) is 24.4 Å². The number of fused-ring (bicyclic) bond motifs is 1. The number of benzene rings is 1. The Balaban J connectivity index is 1.94. The van der Waals surface area contributed by atoms with Crippen LogP contribution in [0.2, 0.25) is 0 Å². The van der Waals surface area contributed by atoms with Gasteiger partial charge in [-0.1, -0.05) is 12.1 Å². The predicted octanol–water partition coefficient (Wildman–Crippen LogP) is 0.437. The first-order valence-corrected chi connectivity index (χ1v) is 8.84. The van der Waals surface area contributed by atoms with Gasteiger partial charge in [-0.15, -0.1) is 4.40 Å². The minimum atomic E-state index is -3.66. The molecule has 0 radical (unpaired) electrons. The molecule has 1 amide bonds. The van der Waals surface area contributed by atoms with Gasteiger partial charge < -0.3 is 15.3 Å². The van der Waals surface area contributed by atoms with Gasteiger partial charge in [0.25, 0.3) is 10.0 Å². The fraction of sp³-hybridized carbons (Fsp3) is 0.400. The molecule has 0 fully saturated rings. The number of hydrogen-bond acceptors (Lipinski definition) is 5. The highest BCUT2D eigenvalue weighted by Gasteiger charge is 2.30. The van der Waals surface area contributed by atoms with Crippen molar-refractivity contribution in [3.05, 3.63) is 29.8 Å². The summed E-state index contributed by atoms with van der Waals surface area (Å²) in [6.45, 7) is 1.80. The molecule has 9 heteroatoms. The van der Waals surface area contributed by atoms with E-state index < -0.39 is 22.0 Å². The van der Waals surface area contributed by atoms with Gasteiger partial charge in [-0.25, -0.2) is 0 Å². The molecule has 1 heterocycles. The van der Waals surface area contributed by atoms with Crippen molar-refractivity contribution >= 4 is 27.7 Å². The van der Waals surface area contributed by atoms with E-state index >= 15 is 0 Å². The summed E-state index contributed by atoms with van der Waals surface area (Å²) in [4.78, 5) is 24.2. The molecule has 0 aliphatic carbocycles. The lowest BCUT2D eigenvalue weighted by molar-refractivity contribution is -0.141. The Bertz CT molecular complexity index is 788. The maximum absolute atomic E-state index is 12.0. The third kappa shape index (κ3) is 3.91. The number of carboxylic acids is 1. The van der Waals surface area contributed by atoms with Gasteiger partial charge in [-0.05, 0) is 25.5 Å². The standard InChI is InChI=1S/C15H19N3O5S/c1-10(15(20)21)16-13(19)8-5-9-18(2)14-11-6-3-4-7-12(11)24(22,23)17-14/h3-4,6-7,10H,5,8-9H2,1-2H3,(H,16,19)(H,20,21)/t10-/m1/s1. The number of carbonyl (C=O) groups is 2. The monoisotopic (exact) mass is 353 g/mol. The molecule has 1 aromatic rings. The number of carboxylic acid groups (broad SMARTS) is 1. The second-order valence-electron chi connectivity index (χ2n) is 5.54. The zero-order valence-electron chi connectivity index (χ0n) is 13.4. The quantitative estimate of drug-likeness (QED) is 0.766. The third-order valence-electron chi connectivity index (χ3n) is 3.62. The summed E-state index contributed by atoms with van der Waals surface area (Å²) >= 11 is 0. The van der Waals surface area contributed by atoms with Crippen molar-refractivity contribution in [2.75, 3.05) is 13.6 Å². The average molecular weight is 353 g/mol. The molecule has 130 valence electrons. The van der Waals surface area contributed by atoms with E-state index in [-0.39, 0.29) is 17.2 Å². The van der Waals surface area contributed by atoms with Crippen LogP contribution in [0.25, 0.3) is 0 Å². The second kappa shape index (κ2) is 7.00. The first-order valence-electron chi connectivity index (χ1n) is 7.40. The molecule has 0 aromatic heterocycles. The second-order valence-corrected chi connectivity index (χ2v) is 7.11. The van der Waals surface area contributed by atoms with Crippen LogP contribution in [0, 0.1) is 0 Å². The summed E-state index contributed by atoms with van der Waals surface area (Å²) in [6.07, 6.45) is 0.583. The van der Waals surface area contributed by atoms with Gasteiger partial charge in [-0.3, -0.25) is 9.59 Å². The van der Waals surface area contributed by atoms with Crippen LogP contribution >= 0.6 is 0 Å². The largest absolute Gasteiger partial charge is 0.480 e. The normalized spacial score (nSPS) is 16.0. The van der Waals surface area contributed by atoms with Crippen LogP contribution < -0.4 is 5.32 Å². The summed E-state index contributed by atoms with van der Waals surface area (Å²) in [7, 11) is -1.96. The van der Waals surface area contributed by atoms with E-state index in [4.69, 9.17) is 5.11 Å². The van der Waals surface area contributed by atoms with Crippen molar-refractivity contribution in [3.8, 4) is 0 Å². The zero-order valence-corrected chi connectivity index (χ0v) is 14.2. The molecule has 0 bridgehead atoms. The van der Waals surface area contributed by atoms with Crippen LogP contribution in [0.15, 0.2) is 33.6 Å². The van der Waals surface area contributed by atoms with Gasteiger partial charge in [0.1, 0.15) is 16.8 Å². The molecule has 0 unspecified atom stereocenters. The van der Waals surface area contributed by atoms with Crippen LogP contribution in [0.3, 0.4) is 0 Å². The van der Waals surface area contributed by atoms with Crippen molar-refractivity contribution in [1.29, 1.82) is 0 Å². The van der Waals surface area contributed by atoms with E-state index in [9.17, 15) is 18.0 Å². The van der Waals surface area contributed by atoms with Gasteiger partial charge >= 0.3 is 5.97 Å². The third-order valence-corrected chi connectivity index (χ3v) is 4.94. The van der Waals surface area contributed by atoms with Crippen molar-refractivity contribution in [2.45, 2.75) is 30.7 Å². The van der Waals surface area contributed by atoms with Gasteiger partial charge in [-0.2, -0.15) is 8.42 Å². The van der Waals surface area contributed by atoms with Gasteiger partial charge in [0.15, 0.2) is 0 Å². The Morgan fingerprint density at radius 1 is 1.33 bits per heavy atom. The molecule has 0 spiro atoms. The van der Waals surface area contributed by atoms with E-state index in [0.717, 1.165) is 0 Å². The van der Waals surface area contributed by atoms with Crippen molar-refractivity contribution in [2.24, 2.45) is 4.40 Å². The number of amidine groups is 1. The number of rotatable bonds is 6. The highest BCUT2D eigenvalue weighted by molar-refractivity contribution is 7.90. The summed E-state index contributed by atoms with van der Waals surface area (Å²) in [5, 5.41) is 11.1. The number of sulfonamides is 1. The van der Waals surface area contributed by atoms with Crippen LogP contribution in [0.5, 0.6) is 0 Å². The topological polar surface area (TPSA) is 116 Å². The fourth-order valence-electron chi connectivity index (χ4n) is 2.32. The number of carbonyl (C=O) groups excluding carboxylic acids is 1. The van der Waals surface area contributed by atoms with Crippen LogP contribution in [0.4, 0.5) is 0 Å². The lowest BCUT2D eigenvalue weighted by Crippen LogP contribution is -2.38. The summed E-state index contributed by atoms with van der Waals surface area (Å²) in [6, 6.07) is 5.64. The van der Waals surface area contributed by atoms with Crippen molar-refractivity contribution in [3.63, 3.8) is 0 Å². The Labute approximate surface area is 140 Å². The van der Waals surface area contributed by atoms with Crippen LogP contribution in [-0.4, -0.2) is 55.8 Å². The highest BCUT2D eigenvalue weighted by atomic mass is 32.2. The molecule has 2 N–H and O–H groups in total. The molecule has 1 aliphatic heterocycles. The lowest BCUT2D eigenvalue weighted by atomic mass is 10.2. The number of hydrogen-bond donors (Lipinski definition) is 2. The molecular formula is C15H19N3O5S. The van der Waals surface area contributed by atoms with Crippen molar-refractivity contribution < 1.29 is 23.1 Å². The first kappa shape index (κ1) is 17.9. The zero-order chi connectivity index (χ0) is 17.9. The first-order chi connectivity index (χ1) is 11.2. The van der Waals surface area contributed by atoms with E-state index in [1.165, 1.54) is 13.0 Å². The summed E-state index contributed by atoms with van der Waals surface area (Å²) < 4.78 is 27.8. The Kier molecular flexibility index (Phi) is 5.23. The maximum atomic E-state index is 12.0. The minimum Gasteiger partial charge on any atom is -0.480 e.